The number of carbonyl (C=O) groups is 3. The summed E-state index contributed by atoms with van der Waals surface area (Å²) in [7, 11) is 0. The molecule has 0 saturated carbocycles. The topological polar surface area (TPSA) is 128 Å². The van der Waals surface area contributed by atoms with Gasteiger partial charge in [-0.25, -0.2) is 4.79 Å². The predicted molar refractivity (Wildman–Crippen MR) is 160 cm³/mol. The fourth-order valence-electron chi connectivity index (χ4n) is 4.43. The van der Waals surface area contributed by atoms with Gasteiger partial charge in [-0.15, -0.1) is 0 Å². The minimum Gasteiger partial charge on any atom is -0.508 e. The van der Waals surface area contributed by atoms with E-state index in [0.29, 0.717) is 25.1 Å². The molecule has 3 amide bonds. The van der Waals surface area contributed by atoms with Crippen molar-refractivity contribution in [1.29, 1.82) is 0 Å². The Balaban J connectivity index is 2.51. The highest BCUT2D eigenvalue weighted by molar-refractivity contribution is 5.92. The maximum absolute atomic E-state index is 14.3. The number of nitrogens with zero attached hydrogens (tertiary/aromatic N) is 1. The van der Waals surface area contributed by atoms with Gasteiger partial charge in [-0.05, 0) is 69.0 Å². The third-order valence-corrected chi connectivity index (χ3v) is 6.50. The van der Waals surface area contributed by atoms with Crippen molar-refractivity contribution in [3.05, 3.63) is 59.7 Å². The predicted octanol–water partition coefficient (Wildman–Crippen LogP) is 5.60. The number of nitrogens with one attached hydrogen (secondary N) is 2. The molecule has 0 aliphatic carbocycles. The van der Waals surface area contributed by atoms with Gasteiger partial charge in [-0.3, -0.25) is 9.59 Å². The summed E-state index contributed by atoms with van der Waals surface area (Å²) in [5.74, 6) is -0.610. The fraction of sp³-hybridized carbons (Fsp3) is 0.531. The summed E-state index contributed by atoms with van der Waals surface area (Å²) in [5.41, 5.74) is 0.501. The fourth-order valence-corrected chi connectivity index (χ4v) is 4.43. The Bertz CT molecular complexity index is 1100. The lowest BCUT2D eigenvalue weighted by molar-refractivity contribution is -0.142. The minimum atomic E-state index is -1.04. The normalized spacial score (nSPS) is 12.7. The molecule has 0 bridgehead atoms. The lowest BCUT2D eigenvalue weighted by Gasteiger charge is -2.34. The molecule has 9 heteroatoms. The molecular formula is C32H47N3O6. The van der Waals surface area contributed by atoms with E-state index in [0.717, 1.165) is 37.7 Å². The van der Waals surface area contributed by atoms with Crippen molar-refractivity contribution in [1.82, 2.24) is 15.5 Å². The van der Waals surface area contributed by atoms with Gasteiger partial charge < -0.3 is 30.5 Å². The van der Waals surface area contributed by atoms with E-state index in [4.69, 9.17) is 4.74 Å². The van der Waals surface area contributed by atoms with E-state index >= 15 is 0 Å². The van der Waals surface area contributed by atoms with Gasteiger partial charge in [0.05, 0.1) is 0 Å². The van der Waals surface area contributed by atoms with Crippen LogP contribution in [0.1, 0.15) is 90.3 Å². The molecule has 2 aromatic carbocycles. The van der Waals surface area contributed by atoms with Crippen molar-refractivity contribution in [2.24, 2.45) is 0 Å². The Morgan fingerprint density at radius 2 is 1.41 bits per heavy atom. The summed E-state index contributed by atoms with van der Waals surface area (Å²) in [6.07, 6.45) is 4.62. The number of unbranched alkanes of at least 4 members (excludes halogenated alkanes) is 4. The molecule has 0 saturated heterocycles. The van der Waals surface area contributed by atoms with Crippen LogP contribution in [0.15, 0.2) is 48.5 Å². The zero-order valence-electron chi connectivity index (χ0n) is 25.1. The second-order valence-electron chi connectivity index (χ2n) is 11.3. The number of phenols is 2. The Hall–Kier alpha value is -3.75. The van der Waals surface area contributed by atoms with Crippen molar-refractivity contribution in [2.45, 2.75) is 97.2 Å². The average Bonchev–Trinajstić information content (AvgIpc) is 2.91. The van der Waals surface area contributed by atoms with Crippen LogP contribution in [-0.4, -0.2) is 57.8 Å². The van der Waals surface area contributed by atoms with Gasteiger partial charge in [-0.1, -0.05) is 63.8 Å². The van der Waals surface area contributed by atoms with Gasteiger partial charge in [0.2, 0.25) is 11.8 Å². The molecule has 41 heavy (non-hydrogen) atoms. The van der Waals surface area contributed by atoms with Crippen LogP contribution in [-0.2, 0) is 20.7 Å². The summed E-state index contributed by atoms with van der Waals surface area (Å²) in [6.45, 7) is 10.1. The number of carbonyl (C=O) groups excluding carboxylic acids is 3. The SMILES string of the molecule is CCCCCNC(=O)C(c1ccc(O)cc1)N(CCCCC)C(=O)C(Cc1ccc(O)cc1)NC(=O)OC(C)(C)C. The van der Waals surface area contributed by atoms with Crippen LogP contribution in [0.25, 0.3) is 0 Å². The number of rotatable bonds is 15. The zero-order valence-corrected chi connectivity index (χ0v) is 25.1. The van der Waals surface area contributed by atoms with Gasteiger partial charge in [-0.2, -0.15) is 0 Å². The molecule has 0 aliphatic heterocycles. The molecule has 0 fully saturated rings. The van der Waals surface area contributed by atoms with Crippen LogP contribution in [0.5, 0.6) is 11.5 Å². The van der Waals surface area contributed by atoms with Crippen molar-refractivity contribution in [3.63, 3.8) is 0 Å². The lowest BCUT2D eigenvalue weighted by Crippen LogP contribution is -2.54. The van der Waals surface area contributed by atoms with Gasteiger partial charge in [0.1, 0.15) is 29.2 Å². The maximum Gasteiger partial charge on any atom is 0.408 e. The van der Waals surface area contributed by atoms with Gasteiger partial charge in [0.25, 0.3) is 0 Å². The monoisotopic (exact) mass is 569 g/mol. The van der Waals surface area contributed by atoms with Crippen molar-refractivity contribution < 1.29 is 29.3 Å². The van der Waals surface area contributed by atoms with Crippen molar-refractivity contribution in [3.8, 4) is 11.5 Å². The van der Waals surface area contributed by atoms with Crippen LogP contribution in [0.3, 0.4) is 0 Å². The van der Waals surface area contributed by atoms with E-state index in [-0.39, 0.29) is 23.8 Å². The largest absolute Gasteiger partial charge is 0.508 e. The van der Waals surface area contributed by atoms with Gasteiger partial charge in [0, 0.05) is 19.5 Å². The van der Waals surface area contributed by atoms with Crippen LogP contribution in [0, 0.1) is 0 Å². The van der Waals surface area contributed by atoms with Crippen LogP contribution in [0.4, 0.5) is 4.79 Å². The molecule has 0 spiro atoms. The molecule has 2 aromatic rings. The summed E-state index contributed by atoms with van der Waals surface area (Å²) in [4.78, 5) is 42.4. The highest BCUT2D eigenvalue weighted by Crippen LogP contribution is 2.26. The zero-order chi connectivity index (χ0) is 30.4. The second-order valence-corrected chi connectivity index (χ2v) is 11.3. The van der Waals surface area contributed by atoms with E-state index in [1.807, 2.05) is 0 Å². The molecule has 2 rings (SSSR count). The van der Waals surface area contributed by atoms with Gasteiger partial charge in [0.15, 0.2) is 0 Å². The molecule has 9 nitrogen and oxygen atoms in total. The first-order valence-corrected chi connectivity index (χ1v) is 14.6. The highest BCUT2D eigenvalue weighted by atomic mass is 16.6. The number of benzene rings is 2. The Morgan fingerprint density at radius 3 is 1.98 bits per heavy atom. The first-order chi connectivity index (χ1) is 19.4. The quantitative estimate of drug-likeness (QED) is 0.207. The number of alkyl carbamates (subject to hydrolysis) is 1. The molecular weight excluding hydrogens is 522 g/mol. The molecule has 0 aliphatic rings. The van der Waals surface area contributed by atoms with Crippen LogP contribution in [0.2, 0.25) is 0 Å². The van der Waals surface area contributed by atoms with E-state index in [2.05, 4.69) is 24.5 Å². The molecule has 4 N–H and O–H groups in total. The molecule has 0 heterocycles. The summed E-state index contributed by atoms with van der Waals surface area (Å²) >= 11 is 0. The highest BCUT2D eigenvalue weighted by Gasteiger charge is 2.36. The number of hydrogen-bond donors (Lipinski definition) is 4. The van der Waals surface area contributed by atoms with Crippen LogP contribution < -0.4 is 10.6 Å². The van der Waals surface area contributed by atoms with Crippen molar-refractivity contribution >= 4 is 17.9 Å². The number of amides is 3. The maximum atomic E-state index is 14.3. The number of hydrogen-bond acceptors (Lipinski definition) is 6. The number of ether oxygens (including phenoxy) is 1. The summed E-state index contributed by atoms with van der Waals surface area (Å²) in [6, 6.07) is 10.7. The molecule has 2 unspecified atom stereocenters. The van der Waals surface area contributed by atoms with E-state index in [1.54, 1.807) is 45.0 Å². The standard InChI is InChI=1S/C32H47N3O6/c1-6-8-10-20-33-29(38)28(24-14-18-26(37)19-15-24)35(21-11-9-7-2)30(39)27(34-31(40)41-32(3,4)5)22-23-12-16-25(36)17-13-23/h12-19,27-28,36-37H,6-11,20-22H2,1-5H3,(H,33,38)(H,34,40). The second kappa shape index (κ2) is 16.5. The molecule has 0 aromatic heterocycles. The Labute approximate surface area is 244 Å². The smallest absolute Gasteiger partial charge is 0.408 e. The summed E-state index contributed by atoms with van der Waals surface area (Å²) < 4.78 is 5.47. The summed E-state index contributed by atoms with van der Waals surface area (Å²) in [5, 5.41) is 25.4. The number of phenolic OH excluding ortho intramolecular Hbond substituents is 2. The number of aromatic hydroxyl groups is 2. The Kier molecular flexibility index (Phi) is 13.5. The molecule has 226 valence electrons. The first kappa shape index (κ1) is 33.5. The van der Waals surface area contributed by atoms with Gasteiger partial charge >= 0.3 is 6.09 Å². The lowest BCUT2D eigenvalue weighted by atomic mass is 9.99. The van der Waals surface area contributed by atoms with E-state index in [9.17, 15) is 24.6 Å². The minimum absolute atomic E-state index is 0.0523. The van der Waals surface area contributed by atoms with Crippen LogP contribution >= 0.6 is 0 Å². The van der Waals surface area contributed by atoms with Crippen molar-refractivity contribution in [2.75, 3.05) is 13.1 Å². The third kappa shape index (κ3) is 11.7. The third-order valence-electron chi connectivity index (χ3n) is 6.50. The van der Waals surface area contributed by atoms with E-state index < -0.39 is 29.7 Å². The first-order valence-electron chi connectivity index (χ1n) is 14.6. The molecule has 0 radical (unpaired) electrons. The molecule has 2 atom stereocenters. The van der Waals surface area contributed by atoms with E-state index in [1.165, 1.54) is 29.2 Å². The Morgan fingerprint density at radius 1 is 0.854 bits per heavy atom. The average molecular weight is 570 g/mol.